The molecule has 0 unspecified atom stereocenters. The van der Waals surface area contributed by atoms with Crippen molar-refractivity contribution in [2.24, 2.45) is 0 Å². The van der Waals surface area contributed by atoms with Gasteiger partial charge in [0.1, 0.15) is 4.83 Å². The van der Waals surface area contributed by atoms with Crippen LogP contribution in [0.5, 0.6) is 0 Å². The number of hydrogen-bond acceptors (Lipinski definition) is 4. The highest BCUT2D eigenvalue weighted by atomic mass is 32.2. The molecule has 4 rings (SSSR count). The number of benzene rings is 2. The molecule has 0 saturated heterocycles. The van der Waals surface area contributed by atoms with Gasteiger partial charge in [0, 0.05) is 9.77 Å². The fourth-order valence-corrected chi connectivity index (χ4v) is 4.15. The second-order valence-corrected chi connectivity index (χ2v) is 7.63. The molecule has 0 fully saturated rings. The van der Waals surface area contributed by atoms with Gasteiger partial charge in [-0.1, -0.05) is 42.5 Å². The van der Waals surface area contributed by atoms with Crippen molar-refractivity contribution < 1.29 is 0 Å². The van der Waals surface area contributed by atoms with E-state index in [1.165, 1.54) is 4.90 Å². The topological polar surface area (TPSA) is 34.9 Å². The predicted octanol–water partition coefficient (Wildman–Crippen LogP) is 4.90. The van der Waals surface area contributed by atoms with E-state index >= 15 is 0 Å². The molecule has 0 aliphatic carbocycles. The summed E-state index contributed by atoms with van der Waals surface area (Å²) in [5.41, 5.74) is 2.22. The monoisotopic (exact) mass is 364 g/mol. The average molecular weight is 364 g/mol. The zero-order valence-corrected chi connectivity index (χ0v) is 15.3. The quantitative estimate of drug-likeness (QED) is 0.483. The Balaban J connectivity index is 1.71. The van der Waals surface area contributed by atoms with Crippen molar-refractivity contribution in [1.29, 1.82) is 0 Å². The van der Waals surface area contributed by atoms with Gasteiger partial charge in [-0.15, -0.1) is 23.1 Å². The van der Waals surface area contributed by atoms with E-state index in [9.17, 15) is 4.79 Å². The van der Waals surface area contributed by atoms with Crippen LogP contribution >= 0.6 is 23.1 Å². The van der Waals surface area contributed by atoms with E-state index in [1.807, 2.05) is 24.3 Å². The number of aromatic nitrogens is 2. The first-order valence-electron chi connectivity index (χ1n) is 7.92. The van der Waals surface area contributed by atoms with Crippen LogP contribution in [-0.2, 0) is 6.54 Å². The van der Waals surface area contributed by atoms with Crippen LogP contribution in [0, 0.1) is 0 Å². The maximum atomic E-state index is 12.8. The van der Waals surface area contributed by atoms with Crippen molar-refractivity contribution in [2.45, 2.75) is 11.4 Å². The normalized spacial score (nSPS) is 11.1. The summed E-state index contributed by atoms with van der Waals surface area (Å²) in [6, 6.07) is 20.3. The van der Waals surface area contributed by atoms with Gasteiger partial charge in [0.25, 0.3) is 5.56 Å². The Morgan fingerprint density at radius 2 is 1.84 bits per heavy atom. The third kappa shape index (κ3) is 3.25. The Labute approximate surface area is 154 Å². The molecule has 4 aromatic rings. The Bertz CT molecular complexity index is 1070. The van der Waals surface area contributed by atoms with E-state index in [-0.39, 0.29) is 5.56 Å². The summed E-state index contributed by atoms with van der Waals surface area (Å²) in [6.45, 7) is 0.535. The van der Waals surface area contributed by atoms with Crippen LogP contribution in [-0.4, -0.2) is 15.8 Å². The minimum absolute atomic E-state index is 0.0115. The molecule has 0 spiro atoms. The molecule has 0 amide bonds. The molecule has 2 aromatic carbocycles. The van der Waals surface area contributed by atoms with Gasteiger partial charge in [0.15, 0.2) is 0 Å². The van der Waals surface area contributed by atoms with Crippen molar-refractivity contribution in [3.05, 3.63) is 82.9 Å². The molecule has 2 heterocycles. The number of thioether (sulfide) groups is 1. The number of fused-ring (bicyclic) bond motifs is 1. The van der Waals surface area contributed by atoms with Crippen LogP contribution in [0.4, 0.5) is 0 Å². The van der Waals surface area contributed by atoms with Crippen molar-refractivity contribution in [3.63, 3.8) is 0 Å². The lowest BCUT2D eigenvalue weighted by molar-refractivity contribution is 0.749. The molecule has 124 valence electrons. The average Bonchev–Trinajstić information content (AvgIpc) is 3.11. The molecular weight excluding hydrogens is 348 g/mol. The first-order valence-corrected chi connectivity index (χ1v) is 9.96. The molecule has 0 radical (unpaired) electrons. The van der Waals surface area contributed by atoms with Crippen LogP contribution in [0.1, 0.15) is 5.56 Å². The largest absolute Gasteiger partial charge is 0.294 e. The molecule has 2 aromatic heterocycles. The Morgan fingerprint density at radius 1 is 1.08 bits per heavy atom. The second-order valence-electron chi connectivity index (χ2n) is 5.72. The maximum Gasteiger partial charge on any atom is 0.262 e. The van der Waals surface area contributed by atoms with Crippen molar-refractivity contribution >= 4 is 33.3 Å². The molecule has 0 aliphatic rings. The highest BCUT2D eigenvalue weighted by Crippen LogP contribution is 2.30. The zero-order valence-electron chi connectivity index (χ0n) is 13.7. The molecule has 0 N–H and O–H groups in total. The van der Waals surface area contributed by atoms with Crippen molar-refractivity contribution in [3.8, 4) is 10.4 Å². The highest BCUT2D eigenvalue weighted by molar-refractivity contribution is 7.98. The van der Waals surface area contributed by atoms with Gasteiger partial charge < -0.3 is 0 Å². The first kappa shape index (κ1) is 16.1. The predicted molar refractivity (Wildman–Crippen MR) is 107 cm³/mol. The Morgan fingerprint density at radius 3 is 2.56 bits per heavy atom. The molecule has 0 aliphatic heterocycles. The molecule has 5 heteroatoms. The van der Waals surface area contributed by atoms with Gasteiger partial charge in [-0.25, -0.2) is 4.98 Å². The standard InChI is InChI=1S/C20H16N2OS2/c1-24-16-9-7-14(8-10-16)12-22-13-21-19-17(20(22)23)11-18(25-19)15-5-3-2-4-6-15/h2-11,13H,12H2,1H3. The fourth-order valence-electron chi connectivity index (χ4n) is 2.74. The molecule has 25 heavy (non-hydrogen) atoms. The lowest BCUT2D eigenvalue weighted by Crippen LogP contribution is -2.20. The van der Waals surface area contributed by atoms with Gasteiger partial charge in [-0.2, -0.15) is 0 Å². The number of nitrogens with zero attached hydrogens (tertiary/aromatic N) is 2. The van der Waals surface area contributed by atoms with Gasteiger partial charge >= 0.3 is 0 Å². The Hall–Kier alpha value is -2.37. The smallest absolute Gasteiger partial charge is 0.262 e. The third-order valence-electron chi connectivity index (χ3n) is 4.09. The van der Waals surface area contributed by atoms with Crippen molar-refractivity contribution in [2.75, 3.05) is 6.26 Å². The molecule has 3 nitrogen and oxygen atoms in total. The van der Waals surface area contributed by atoms with Crippen LogP contribution in [0.25, 0.3) is 20.7 Å². The summed E-state index contributed by atoms with van der Waals surface area (Å²) in [6.07, 6.45) is 3.71. The SMILES string of the molecule is CSc1ccc(Cn2cnc3sc(-c4ccccc4)cc3c2=O)cc1. The number of thiophene rings is 1. The summed E-state index contributed by atoms with van der Waals surface area (Å²) in [4.78, 5) is 20.4. The summed E-state index contributed by atoms with van der Waals surface area (Å²) in [5, 5.41) is 0.687. The number of rotatable bonds is 4. The molecule has 0 atom stereocenters. The second kappa shape index (κ2) is 6.86. The fraction of sp³-hybridized carbons (Fsp3) is 0.100. The number of hydrogen-bond donors (Lipinski definition) is 0. The lowest BCUT2D eigenvalue weighted by atomic mass is 10.2. The molecule has 0 bridgehead atoms. The van der Waals surface area contributed by atoms with Crippen LogP contribution in [0.3, 0.4) is 0 Å². The third-order valence-corrected chi connectivity index (χ3v) is 5.92. The minimum Gasteiger partial charge on any atom is -0.294 e. The van der Waals surface area contributed by atoms with E-state index < -0.39 is 0 Å². The van der Waals surface area contributed by atoms with Crippen LogP contribution in [0.15, 0.2) is 76.7 Å². The summed E-state index contributed by atoms with van der Waals surface area (Å²) in [7, 11) is 0. The molecular formula is C20H16N2OS2. The van der Waals surface area contributed by atoms with Crippen LogP contribution < -0.4 is 5.56 Å². The highest BCUT2D eigenvalue weighted by Gasteiger charge is 2.10. The van der Waals surface area contributed by atoms with E-state index in [4.69, 9.17) is 0 Å². The van der Waals surface area contributed by atoms with Crippen molar-refractivity contribution in [1.82, 2.24) is 9.55 Å². The maximum absolute atomic E-state index is 12.8. The zero-order chi connectivity index (χ0) is 17.2. The van der Waals surface area contributed by atoms with Gasteiger partial charge in [-0.05, 0) is 35.6 Å². The van der Waals surface area contributed by atoms with Gasteiger partial charge in [0.05, 0.1) is 18.3 Å². The van der Waals surface area contributed by atoms with E-state index in [0.717, 1.165) is 20.8 Å². The van der Waals surface area contributed by atoms with E-state index in [2.05, 4.69) is 47.6 Å². The van der Waals surface area contributed by atoms with E-state index in [1.54, 1.807) is 34.0 Å². The molecule has 0 saturated carbocycles. The van der Waals surface area contributed by atoms with Gasteiger partial charge in [-0.3, -0.25) is 9.36 Å². The van der Waals surface area contributed by atoms with E-state index in [0.29, 0.717) is 11.9 Å². The summed E-state index contributed by atoms with van der Waals surface area (Å²) in [5.74, 6) is 0. The lowest BCUT2D eigenvalue weighted by Gasteiger charge is -2.06. The van der Waals surface area contributed by atoms with Gasteiger partial charge in [0.2, 0.25) is 0 Å². The first-order chi connectivity index (χ1) is 12.2. The van der Waals surface area contributed by atoms with Crippen LogP contribution in [0.2, 0.25) is 0 Å². The summed E-state index contributed by atoms with van der Waals surface area (Å²) < 4.78 is 1.68. The Kier molecular flexibility index (Phi) is 4.42. The minimum atomic E-state index is 0.0115. The summed E-state index contributed by atoms with van der Waals surface area (Å²) >= 11 is 3.27.